The lowest BCUT2D eigenvalue weighted by Gasteiger charge is -2.36. The van der Waals surface area contributed by atoms with E-state index in [4.69, 9.17) is 14.2 Å². The van der Waals surface area contributed by atoms with Gasteiger partial charge in [-0.2, -0.15) is 0 Å². The number of phenolic OH excluding ortho intramolecular Hbond substituents is 2. The second-order valence-electron chi connectivity index (χ2n) is 10.6. The van der Waals surface area contributed by atoms with Crippen LogP contribution >= 0.6 is 0 Å². The average molecular weight is 573 g/mol. The number of aromatic nitrogens is 2. The molecule has 0 bridgehead atoms. The van der Waals surface area contributed by atoms with Gasteiger partial charge < -0.3 is 34.6 Å². The van der Waals surface area contributed by atoms with Crippen LogP contribution in [0, 0.1) is 6.92 Å². The molecule has 3 aliphatic heterocycles. The van der Waals surface area contributed by atoms with Gasteiger partial charge in [0, 0.05) is 52.6 Å². The second-order valence-corrected chi connectivity index (χ2v) is 10.6. The van der Waals surface area contributed by atoms with Gasteiger partial charge in [-0.25, -0.2) is 9.59 Å². The van der Waals surface area contributed by atoms with Crippen LogP contribution in [0.4, 0.5) is 0 Å². The van der Waals surface area contributed by atoms with E-state index >= 15 is 0 Å². The minimum atomic E-state index is -1.96. The van der Waals surface area contributed by atoms with E-state index in [-0.39, 0.29) is 46.1 Å². The van der Waals surface area contributed by atoms with Crippen LogP contribution in [0.1, 0.15) is 50.8 Å². The number of aliphatic hydroxyl groups is 2. The van der Waals surface area contributed by atoms with Gasteiger partial charge in [0.05, 0.1) is 12.2 Å². The maximum absolute atomic E-state index is 13.8. The molecule has 12 nitrogen and oxygen atoms in total. The molecule has 1 spiro atoms. The van der Waals surface area contributed by atoms with Crippen molar-refractivity contribution in [2.45, 2.75) is 36.9 Å². The maximum Gasteiger partial charge on any atom is 0.340 e. The van der Waals surface area contributed by atoms with Gasteiger partial charge >= 0.3 is 11.7 Å². The van der Waals surface area contributed by atoms with Crippen molar-refractivity contribution in [2.24, 2.45) is 0 Å². The van der Waals surface area contributed by atoms with Crippen LogP contribution in [0.25, 0.3) is 0 Å². The van der Waals surface area contributed by atoms with Crippen LogP contribution < -0.4 is 16.0 Å². The Morgan fingerprint density at radius 1 is 0.952 bits per heavy atom. The lowest BCUT2D eigenvalue weighted by Crippen LogP contribution is -2.39. The zero-order valence-corrected chi connectivity index (χ0v) is 22.0. The van der Waals surface area contributed by atoms with E-state index in [0.29, 0.717) is 16.7 Å². The summed E-state index contributed by atoms with van der Waals surface area (Å²) < 4.78 is 19.2. The van der Waals surface area contributed by atoms with Crippen molar-refractivity contribution in [3.05, 3.63) is 115 Å². The Morgan fingerprint density at radius 3 is 2.24 bits per heavy atom. The van der Waals surface area contributed by atoms with E-state index in [1.54, 1.807) is 24.3 Å². The molecule has 0 aliphatic carbocycles. The largest absolute Gasteiger partial charge is 0.508 e. The third-order valence-corrected chi connectivity index (χ3v) is 8.23. The van der Waals surface area contributed by atoms with Crippen molar-refractivity contribution in [1.29, 1.82) is 0 Å². The van der Waals surface area contributed by atoms with Crippen molar-refractivity contribution in [3.8, 4) is 23.0 Å². The highest BCUT2D eigenvalue weighted by Crippen LogP contribution is 2.58. The molecule has 1 saturated heterocycles. The first-order valence-electron chi connectivity index (χ1n) is 13.1. The molecule has 4 heterocycles. The first-order valence-corrected chi connectivity index (χ1v) is 13.1. The van der Waals surface area contributed by atoms with E-state index in [0.717, 1.165) is 4.57 Å². The number of hydrogen-bond acceptors (Lipinski definition) is 10. The molecule has 5 N–H and O–H groups in total. The molecular formula is C30H24N2O10. The topological polar surface area (TPSA) is 181 Å². The number of carbonyl (C=O) groups excluding carboxylic acids is 1. The number of nitrogens with zero attached hydrogens (tertiary/aromatic N) is 1. The molecule has 214 valence electrons. The lowest BCUT2D eigenvalue weighted by atomic mass is 9.75. The summed E-state index contributed by atoms with van der Waals surface area (Å²) >= 11 is 0. The van der Waals surface area contributed by atoms with Gasteiger partial charge in [-0.05, 0) is 31.2 Å². The smallest absolute Gasteiger partial charge is 0.340 e. The number of benzene rings is 3. The van der Waals surface area contributed by atoms with Gasteiger partial charge in [-0.15, -0.1) is 0 Å². The standard InChI is InChI=1S/C30H24N2O10/c1-14-12-32(28(38)31-26(14)36)24-11-29(39,23(13-33)41-24)19-3-2-4-20-25(19)27(37)42-30(20)17-7-5-15(34)9-21(17)40-22-10-16(35)6-8-18(22)30/h2-10,12,23-24,33-35,39H,11,13H2,1H3,(H,31,36,38)/t23-,24-,29-/m1/s1. The Kier molecular flexibility index (Phi) is 5.45. The lowest BCUT2D eigenvalue weighted by molar-refractivity contribution is -0.0860. The fourth-order valence-electron chi connectivity index (χ4n) is 6.30. The number of phenols is 2. The van der Waals surface area contributed by atoms with Crippen molar-refractivity contribution in [1.82, 2.24) is 9.55 Å². The fraction of sp³-hybridized carbons (Fsp3) is 0.233. The molecule has 12 heteroatoms. The van der Waals surface area contributed by atoms with E-state index in [2.05, 4.69) is 4.98 Å². The molecule has 0 saturated carbocycles. The molecule has 0 unspecified atom stereocenters. The summed E-state index contributed by atoms with van der Waals surface area (Å²) in [5.74, 6) is -0.557. The minimum absolute atomic E-state index is 0.0349. The Bertz CT molecular complexity index is 1880. The molecule has 3 aromatic carbocycles. The van der Waals surface area contributed by atoms with E-state index in [9.17, 15) is 34.8 Å². The Labute approximate surface area is 236 Å². The van der Waals surface area contributed by atoms with Crippen LogP contribution in [0.5, 0.6) is 23.0 Å². The van der Waals surface area contributed by atoms with Crippen LogP contribution in [0.15, 0.2) is 70.4 Å². The molecular weight excluding hydrogens is 548 g/mol. The summed E-state index contributed by atoms with van der Waals surface area (Å²) in [5.41, 5.74) is -3.27. The molecule has 3 aliphatic rings. The predicted octanol–water partition coefficient (Wildman–Crippen LogP) is 1.99. The highest BCUT2D eigenvalue weighted by Gasteiger charge is 2.58. The summed E-state index contributed by atoms with van der Waals surface area (Å²) in [5, 5.41) is 42.7. The molecule has 7 rings (SSSR count). The summed E-state index contributed by atoms with van der Waals surface area (Å²) in [6, 6.07) is 13.6. The van der Waals surface area contributed by atoms with Crippen molar-refractivity contribution >= 4 is 5.97 Å². The molecule has 1 fully saturated rings. The Balaban J connectivity index is 1.43. The third-order valence-electron chi connectivity index (χ3n) is 8.23. The number of nitrogens with one attached hydrogen (secondary N) is 1. The third kappa shape index (κ3) is 3.43. The number of aliphatic hydroxyl groups excluding tert-OH is 1. The molecule has 1 aromatic heterocycles. The SMILES string of the molecule is Cc1cn([C@H]2C[C@@](O)(c3cccc4c3C(=O)OC43c4ccc(O)cc4Oc4cc(O)ccc43)[C@@H](CO)O2)c(=O)[nH]c1=O. The number of H-pyrrole nitrogens is 1. The molecule has 3 atom stereocenters. The number of fused-ring (bicyclic) bond motifs is 6. The summed E-state index contributed by atoms with van der Waals surface area (Å²) in [7, 11) is 0. The number of aromatic amines is 1. The Morgan fingerprint density at radius 2 is 1.60 bits per heavy atom. The van der Waals surface area contributed by atoms with E-state index in [1.807, 2.05) is 0 Å². The molecule has 0 amide bonds. The monoisotopic (exact) mass is 572 g/mol. The summed E-state index contributed by atoms with van der Waals surface area (Å²) in [6.07, 6.45) is -1.25. The minimum Gasteiger partial charge on any atom is -0.508 e. The van der Waals surface area contributed by atoms with Crippen LogP contribution in [0.2, 0.25) is 0 Å². The normalized spacial score (nSPS) is 23.2. The summed E-state index contributed by atoms with van der Waals surface area (Å²) in [4.78, 5) is 40.5. The van der Waals surface area contributed by atoms with Gasteiger partial charge in [0.2, 0.25) is 0 Å². The van der Waals surface area contributed by atoms with E-state index in [1.165, 1.54) is 43.5 Å². The first-order chi connectivity index (χ1) is 20.1. The van der Waals surface area contributed by atoms with Crippen LogP contribution in [-0.4, -0.2) is 48.7 Å². The predicted molar refractivity (Wildman–Crippen MR) is 144 cm³/mol. The van der Waals surface area contributed by atoms with Crippen molar-refractivity contribution in [2.75, 3.05) is 6.61 Å². The molecule has 0 radical (unpaired) electrons. The number of ether oxygens (including phenoxy) is 3. The highest BCUT2D eigenvalue weighted by atomic mass is 16.6. The van der Waals surface area contributed by atoms with Gasteiger partial charge in [-0.1, -0.05) is 18.2 Å². The van der Waals surface area contributed by atoms with Gasteiger partial charge in [0.1, 0.15) is 40.9 Å². The number of carbonyl (C=O) groups is 1. The molecule has 4 aromatic rings. The van der Waals surface area contributed by atoms with Crippen molar-refractivity contribution in [3.63, 3.8) is 0 Å². The zero-order chi connectivity index (χ0) is 29.6. The van der Waals surface area contributed by atoms with Crippen LogP contribution in [0.3, 0.4) is 0 Å². The summed E-state index contributed by atoms with van der Waals surface area (Å²) in [6.45, 7) is 0.869. The molecule has 42 heavy (non-hydrogen) atoms. The van der Waals surface area contributed by atoms with Crippen molar-refractivity contribution < 1.29 is 39.4 Å². The number of aryl methyl sites for hydroxylation is 1. The fourth-order valence-corrected chi connectivity index (χ4v) is 6.30. The number of aromatic hydroxyl groups is 2. The quantitative estimate of drug-likeness (QED) is 0.228. The highest BCUT2D eigenvalue weighted by molar-refractivity contribution is 5.99. The van der Waals surface area contributed by atoms with Gasteiger partial charge in [0.25, 0.3) is 5.56 Å². The number of esters is 1. The number of rotatable bonds is 3. The number of hydrogen-bond donors (Lipinski definition) is 5. The average Bonchev–Trinajstić information content (AvgIpc) is 3.45. The second kappa shape index (κ2) is 8.79. The van der Waals surface area contributed by atoms with E-state index < -0.39 is 47.4 Å². The first kappa shape index (κ1) is 26.0. The zero-order valence-electron chi connectivity index (χ0n) is 22.0. The van der Waals surface area contributed by atoms with Gasteiger partial charge in [-0.3, -0.25) is 14.3 Å². The Hall–Kier alpha value is -4.91. The maximum atomic E-state index is 13.8. The van der Waals surface area contributed by atoms with Gasteiger partial charge in [0.15, 0.2) is 5.60 Å². The van der Waals surface area contributed by atoms with Crippen LogP contribution in [-0.2, 0) is 20.7 Å².